The van der Waals surface area contributed by atoms with Crippen molar-refractivity contribution in [1.29, 1.82) is 0 Å². The number of hydrogen-bond donors (Lipinski definition) is 3. The Morgan fingerprint density at radius 1 is 1.32 bits per heavy atom. The van der Waals surface area contributed by atoms with Gasteiger partial charge in [-0.2, -0.15) is 5.10 Å². The number of carbonyl (C=O) groups excluding carboxylic acids is 1. The number of aromatic nitrogens is 2. The van der Waals surface area contributed by atoms with Crippen molar-refractivity contribution in [2.45, 2.75) is 13.0 Å². The molecule has 0 aliphatic heterocycles. The standard InChI is InChI=1S/C13H15N3O3/c17-11-4-3-10(9-12(11)18)13(19)14-5-1-7-16-8-2-6-15-16/h2-4,6,8-9,17-18H,1,5,7H2,(H,14,19). The molecule has 6 nitrogen and oxygen atoms in total. The monoisotopic (exact) mass is 261 g/mol. The minimum absolute atomic E-state index is 0.241. The zero-order valence-corrected chi connectivity index (χ0v) is 10.3. The van der Waals surface area contributed by atoms with Crippen LogP contribution in [0.15, 0.2) is 36.7 Å². The van der Waals surface area contributed by atoms with Crippen LogP contribution in [-0.4, -0.2) is 32.4 Å². The van der Waals surface area contributed by atoms with E-state index in [9.17, 15) is 9.90 Å². The fourth-order valence-electron chi connectivity index (χ4n) is 1.64. The van der Waals surface area contributed by atoms with Crippen LogP contribution in [0.2, 0.25) is 0 Å². The molecule has 1 aromatic heterocycles. The lowest BCUT2D eigenvalue weighted by Crippen LogP contribution is -2.25. The van der Waals surface area contributed by atoms with Crippen molar-refractivity contribution >= 4 is 5.91 Å². The van der Waals surface area contributed by atoms with Gasteiger partial charge in [0.1, 0.15) is 0 Å². The Hall–Kier alpha value is -2.50. The van der Waals surface area contributed by atoms with E-state index in [-0.39, 0.29) is 17.4 Å². The van der Waals surface area contributed by atoms with Crippen LogP contribution >= 0.6 is 0 Å². The summed E-state index contributed by atoms with van der Waals surface area (Å²) < 4.78 is 1.79. The van der Waals surface area contributed by atoms with Gasteiger partial charge in [0.15, 0.2) is 11.5 Å². The highest BCUT2D eigenvalue weighted by atomic mass is 16.3. The van der Waals surface area contributed by atoms with Gasteiger partial charge in [-0.05, 0) is 30.7 Å². The van der Waals surface area contributed by atoms with Crippen LogP contribution in [0.25, 0.3) is 0 Å². The number of benzene rings is 1. The average molecular weight is 261 g/mol. The summed E-state index contributed by atoms with van der Waals surface area (Å²) in [5.41, 5.74) is 0.314. The van der Waals surface area contributed by atoms with E-state index in [4.69, 9.17) is 5.11 Å². The molecule has 3 N–H and O–H groups in total. The molecule has 0 unspecified atom stereocenters. The molecule has 0 radical (unpaired) electrons. The predicted octanol–water partition coefficient (Wildman–Crippen LogP) is 1.11. The van der Waals surface area contributed by atoms with Crippen molar-refractivity contribution in [2.75, 3.05) is 6.54 Å². The third-order valence-electron chi connectivity index (χ3n) is 2.65. The van der Waals surface area contributed by atoms with Crippen LogP contribution in [0.5, 0.6) is 11.5 Å². The molecular weight excluding hydrogens is 246 g/mol. The molecule has 2 aromatic rings. The summed E-state index contributed by atoms with van der Waals surface area (Å²) in [5.74, 6) is -0.824. The van der Waals surface area contributed by atoms with Gasteiger partial charge in [0.25, 0.3) is 5.91 Å². The Balaban J connectivity index is 1.79. The van der Waals surface area contributed by atoms with E-state index in [0.717, 1.165) is 13.0 Å². The molecule has 2 rings (SSSR count). The Labute approximate surface area is 110 Å². The third-order valence-corrected chi connectivity index (χ3v) is 2.65. The van der Waals surface area contributed by atoms with E-state index < -0.39 is 0 Å². The molecule has 1 heterocycles. The number of hydrogen-bond acceptors (Lipinski definition) is 4. The van der Waals surface area contributed by atoms with Crippen LogP contribution in [-0.2, 0) is 6.54 Å². The quantitative estimate of drug-likeness (QED) is 0.556. The topological polar surface area (TPSA) is 87.4 Å². The molecule has 0 spiro atoms. The first-order valence-corrected chi connectivity index (χ1v) is 5.94. The highest BCUT2D eigenvalue weighted by molar-refractivity contribution is 5.94. The van der Waals surface area contributed by atoms with E-state index in [1.165, 1.54) is 18.2 Å². The fourth-order valence-corrected chi connectivity index (χ4v) is 1.64. The van der Waals surface area contributed by atoms with Crippen molar-refractivity contribution in [1.82, 2.24) is 15.1 Å². The van der Waals surface area contributed by atoms with Gasteiger partial charge in [0.05, 0.1) is 0 Å². The van der Waals surface area contributed by atoms with Gasteiger partial charge in [-0.15, -0.1) is 0 Å². The van der Waals surface area contributed by atoms with E-state index in [0.29, 0.717) is 12.1 Å². The molecule has 0 aliphatic carbocycles. The molecule has 0 atom stereocenters. The van der Waals surface area contributed by atoms with Gasteiger partial charge >= 0.3 is 0 Å². The van der Waals surface area contributed by atoms with E-state index >= 15 is 0 Å². The summed E-state index contributed by atoms with van der Waals surface area (Å²) in [5, 5.41) is 25.2. The van der Waals surface area contributed by atoms with Crippen LogP contribution in [0.4, 0.5) is 0 Å². The number of rotatable bonds is 5. The first kappa shape index (κ1) is 12.9. The second-order valence-electron chi connectivity index (χ2n) is 4.08. The molecule has 0 saturated heterocycles. The SMILES string of the molecule is O=C(NCCCn1cccn1)c1ccc(O)c(O)c1. The molecule has 0 fully saturated rings. The number of phenolic OH excluding ortho intramolecular Hbond substituents is 2. The summed E-state index contributed by atoms with van der Waals surface area (Å²) in [6.45, 7) is 1.24. The van der Waals surface area contributed by atoms with Gasteiger partial charge < -0.3 is 15.5 Å². The molecule has 6 heteroatoms. The number of carbonyl (C=O) groups is 1. The largest absolute Gasteiger partial charge is 0.504 e. The molecule has 0 bridgehead atoms. The number of amides is 1. The summed E-state index contributed by atoms with van der Waals surface area (Å²) in [6.07, 6.45) is 4.33. The lowest BCUT2D eigenvalue weighted by atomic mass is 10.2. The highest BCUT2D eigenvalue weighted by Gasteiger charge is 2.07. The van der Waals surface area contributed by atoms with Crippen molar-refractivity contribution in [3.8, 4) is 11.5 Å². The molecule has 1 amide bonds. The zero-order valence-electron chi connectivity index (χ0n) is 10.3. The first-order chi connectivity index (χ1) is 9.16. The third kappa shape index (κ3) is 3.48. The van der Waals surface area contributed by atoms with Gasteiger partial charge in [0.2, 0.25) is 0 Å². The minimum Gasteiger partial charge on any atom is -0.504 e. The molecule has 19 heavy (non-hydrogen) atoms. The van der Waals surface area contributed by atoms with E-state index in [2.05, 4.69) is 10.4 Å². The van der Waals surface area contributed by atoms with Crippen LogP contribution in [0.3, 0.4) is 0 Å². The smallest absolute Gasteiger partial charge is 0.251 e. The highest BCUT2D eigenvalue weighted by Crippen LogP contribution is 2.24. The van der Waals surface area contributed by atoms with Gasteiger partial charge in [-0.25, -0.2) is 0 Å². The molecule has 0 saturated carbocycles. The lowest BCUT2D eigenvalue weighted by molar-refractivity contribution is 0.0952. The second-order valence-corrected chi connectivity index (χ2v) is 4.08. The maximum absolute atomic E-state index is 11.7. The fraction of sp³-hybridized carbons (Fsp3) is 0.231. The average Bonchev–Trinajstić information content (AvgIpc) is 2.91. The number of nitrogens with one attached hydrogen (secondary N) is 1. The number of nitrogens with zero attached hydrogens (tertiary/aromatic N) is 2. The summed E-state index contributed by atoms with van der Waals surface area (Å²) in [4.78, 5) is 11.7. The van der Waals surface area contributed by atoms with Crippen LogP contribution in [0, 0.1) is 0 Å². The summed E-state index contributed by atoms with van der Waals surface area (Å²) >= 11 is 0. The number of aryl methyl sites for hydroxylation is 1. The van der Waals surface area contributed by atoms with Crippen molar-refractivity contribution in [3.63, 3.8) is 0 Å². The van der Waals surface area contributed by atoms with E-state index in [1.54, 1.807) is 10.9 Å². The normalized spacial score (nSPS) is 10.3. The number of aromatic hydroxyl groups is 2. The second kappa shape index (κ2) is 5.90. The zero-order chi connectivity index (χ0) is 13.7. The lowest BCUT2D eigenvalue weighted by Gasteiger charge is -2.06. The Morgan fingerprint density at radius 3 is 2.84 bits per heavy atom. The Kier molecular flexibility index (Phi) is 4.02. The maximum Gasteiger partial charge on any atom is 0.251 e. The van der Waals surface area contributed by atoms with Crippen LogP contribution < -0.4 is 5.32 Å². The molecule has 1 aromatic carbocycles. The van der Waals surface area contributed by atoms with Crippen molar-refractivity contribution in [3.05, 3.63) is 42.2 Å². The minimum atomic E-state index is -0.302. The van der Waals surface area contributed by atoms with Crippen molar-refractivity contribution < 1.29 is 15.0 Å². The van der Waals surface area contributed by atoms with Gasteiger partial charge in [0, 0.05) is 31.0 Å². The Morgan fingerprint density at radius 2 is 2.16 bits per heavy atom. The summed E-state index contributed by atoms with van der Waals surface area (Å²) in [6, 6.07) is 5.82. The van der Waals surface area contributed by atoms with Crippen LogP contribution in [0.1, 0.15) is 16.8 Å². The first-order valence-electron chi connectivity index (χ1n) is 5.94. The molecule has 100 valence electrons. The number of phenols is 2. The predicted molar refractivity (Wildman–Crippen MR) is 68.9 cm³/mol. The Bertz CT molecular complexity index is 552. The summed E-state index contributed by atoms with van der Waals surface area (Å²) in [7, 11) is 0. The van der Waals surface area contributed by atoms with Gasteiger partial charge in [-0.1, -0.05) is 0 Å². The molecular formula is C13H15N3O3. The van der Waals surface area contributed by atoms with E-state index in [1.807, 2.05) is 12.3 Å². The molecule has 0 aliphatic rings. The van der Waals surface area contributed by atoms with Crippen molar-refractivity contribution in [2.24, 2.45) is 0 Å². The van der Waals surface area contributed by atoms with Gasteiger partial charge in [-0.3, -0.25) is 9.48 Å². The maximum atomic E-state index is 11.7.